The summed E-state index contributed by atoms with van der Waals surface area (Å²) in [7, 11) is 0. The number of hydrogen-bond donors (Lipinski definition) is 1. The molecule has 32 heavy (non-hydrogen) atoms. The second kappa shape index (κ2) is 9.26. The van der Waals surface area contributed by atoms with Gasteiger partial charge in [-0.2, -0.15) is 0 Å². The average molecular weight is 427 g/mol. The summed E-state index contributed by atoms with van der Waals surface area (Å²) >= 11 is 0. The number of rotatable bonds is 6. The third kappa shape index (κ3) is 4.89. The van der Waals surface area contributed by atoms with E-state index >= 15 is 0 Å². The summed E-state index contributed by atoms with van der Waals surface area (Å²) in [4.78, 5) is 23.8. The van der Waals surface area contributed by atoms with Crippen LogP contribution in [0, 0.1) is 6.92 Å². The van der Waals surface area contributed by atoms with Crippen molar-refractivity contribution in [2.75, 3.05) is 5.32 Å². The third-order valence-corrected chi connectivity index (χ3v) is 4.72. The van der Waals surface area contributed by atoms with Crippen molar-refractivity contribution in [2.45, 2.75) is 20.3 Å². The van der Waals surface area contributed by atoms with Crippen molar-refractivity contribution in [2.24, 2.45) is 0 Å². The smallest absolute Gasteiger partial charge is 0.310 e. The zero-order chi connectivity index (χ0) is 22.5. The minimum atomic E-state index is -0.324. The third-order valence-electron chi connectivity index (χ3n) is 4.72. The summed E-state index contributed by atoms with van der Waals surface area (Å²) in [5.41, 5.74) is 3.79. The second-order valence-electron chi connectivity index (χ2n) is 7.17. The maximum atomic E-state index is 12.5. The van der Waals surface area contributed by atoms with Crippen LogP contribution in [0.3, 0.4) is 0 Å². The first kappa shape index (κ1) is 21.0. The van der Waals surface area contributed by atoms with E-state index in [1.54, 1.807) is 55.5 Å². The number of nitrogens with zero attached hydrogens (tertiary/aromatic N) is 2. The molecule has 0 atom stereocenters. The highest BCUT2D eigenvalue weighted by Gasteiger charge is 2.12. The van der Waals surface area contributed by atoms with Crippen molar-refractivity contribution in [3.8, 4) is 28.7 Å². The molecule has 7 heteroatoms. The Labute approximate surface area is 185 Å². The molecular weight excluding hydrogens is 406 g/mol. The zero-order valence-corrected chi connectivity index (χ0v) is 17.7. The van der Waals surface area contributed by atoms with Gasteiger partial charge < -0.3 is 14.5 Å². The average Bonchev–Trinajstić information content (AvgIpc) is 3.30. The Morgan fingerprint density at radius 1 is 0.906 bits per heavy atom. The fourth-order valence-corrected chi connectivity index (χ4v) is 3.01. The molecule has 3 aromatic carbocycles. The maximum Gasteiger partial charge on any atom is 0.310 e. The molecule has 0 aliphatic rings. The first-order chi connectivity index (χ1) is 15.5. The van der Waals surface area contributed by atoms with Crippen molar-refractivity contribution in [3.05, 3.63) is 83.9 Å². The molecule has 1 N–H and O–H groups in total. The highest BCUT2D eigenvalue weighted by atomic mass is 16.5. The number of nitrogens with one attached hydrogen (secondary N) is 1. The molecule has 160 valence electrons. The molecule has 4 aromatic rings. The van der Waals surface area contributed by atoms with E-state index in [1.165, 1.54) is 0 Å². The number of hydrogen-bond acceptors (Lipinski definition) is 6. The summed E-state index contributed by atoms with van der Waals surface area (Å²) < 4.78 is 10.9. The standard InChI is InChI=1S/C25H21N3O4/c1-3-22(29)31-21-13-9-17(10-14-21)23(30)26-20-11-7-18(8-12-20)24-27-28-25(32-24)19-6-4-5-16(2)15-19/h4-15H,3H2,1-2H3,(H,26,30). The van der Waals surface area contributed by atoms with Crippen LogP contribution in [0.5, 0.6) is 5.75 Å². The molecule has 4 rings (SSSR count). The molecule has 0 radical (unpaired) electrons. The SMILES string of the molecule is CCC(=O)Oc1ccc(C(=O)Nc2ccc(-c3nnc(-c4cccc(C)c4)o3)cc2)cc1. The number of carbonyl (C=O) groups is 2. The molecule has 0 aliphatic carbocycles. The van der Waals surface area contributed by atoms with Gasteiger partial charge in [-0.05, 0) is 67.6 Å². The lowest BCUT2D eigenvalue weighted by Gasteiger charge is -2.07. The molecule has 0 fully saturated rings. The summed E-state index contributed by atoms with van der Waals surface area (Å²) in [6, 6.07) is 21.4. The molecule has 0 saturated carbocycles. The molecule has 0 bridgehead atoms. The van der Waals surface area contributed by atoms with Gasteiger partial charge in [-0.1, -0.05) is 24.6 Å². The molecule has 7 nitrogen and oxygen atoms in total. The Bertz CT molecular complexity index is 1240. The van der Waals surface area contributed by atoms with E-state index in [-0.39, 0.29) is 18.3 Å². The molecule has 1 aromatic heterocycles. The Hall–Kier alpha value is -4.26. The van der Waals surface area contributed by atoms with Crippen molar-refractivity contribution in [1.82, 2.24) is 10.2 Å². The topological polar surface area (TPSA) is 94.3 Å². The number of aromatic nitrogens is 2. The van der Waals surface area contributed by atoms with Gasteiger partial charge in [0.05, 0.1) is 0 Å². The minimum Gasteiger partial charge on any atom is -0.427 e. The quantitative estimate of drug-likeness (QED) is 0.332. The Balaban J connectivity index is 1.42. The van der Waals surface area contributed by atoms with Gasteiger partial charge in [-0.15, -0.1) is 10.2 Å². The first-order valence-electron chi connectivity index (χ1n) is 10.1. The number of anilines is 1. The van der Waals surface area contributed by atoms with Crippen molar-refractivity contribution >= 4 is 17.6 Å². The first-order valence-corrected chi connectivity index (χ1v) is 10.1. The summed E-state index contributed by atoms with van der Waals surface area (Å²) in [6.07, 6.45) is 0.287. The molecule has 1 heterocycles. The number of ether oxygens (including phenoxy) is 1. The molecule has 0 saturated heterocycles. The van der Waals surface area contributed by atoms with Gasteiger partial charge in [-0.3, -0.25) is 9.59 Å². The molecule has 0 aliphatic heterocycles. The van der Waals surface area contributed by atoms with E-state index in [0.29, 0.717) is 28.8 Å². The van der Waals surface area contributed by atoms with E-state index in [2.05, 4.69) is 15.5 Å². The Morgan fingerprint density at radius 2 is 1.59 bits per heavy atom. The summed E-state index contributed by atoms with van der Waals surface area (Å²) in [5.74, 6) is 0.660. The van der Waals surface area contributed by atoms with E-state index in [0.717, 1.165) is 16.7 Å². The normalized spacial score (nSPS) is 10.6. The van der Waals surface area contributed by atoms with Crippen LogP contribution in [0.1, 0.15) is 29.3 Å². The van der Waals surface area contributed by atoms with E-state index in [4.69, 9.17) is 9.15 Å². The zero-order valence-electron chi connectivity index (χ0n) is 17.7. The van der Waals surface area contributed by atoms with Crippen molar-refractivity contribution in [3.63, 3.8) is 0 Å². The number of benzene rings is 3. The second-order valence-corrected chi connectivity index (χ2v) is 7.17. The number of esters is 1. The van der Waals surface area contributed by atoms with E-state index in [9.17, 15) is 9.59 Å². The van der Waals surface area contributed by atoms with Crippen LogP contribution < -0.4 is 10.1 Å². The molecule has 1 amide bonds. The fourth-order valence-electron chi connectivity index (χ4n) is 3.01. The van der Waals surface area contributed by atoms with Gasteiger partial charge in [0, 0.05) is 28.8 Å². The van der Waals surface area contributed by atoms with Crippen LogP contribution in [0.25, 0.3) is 22.9 Å². The van der Waals surface area contributed by atoms with Gasteiger partial charge in [-0.25, -0.2) is 0 Å². The highest BCUT2D eigenvalue weighted by molar-refractivity contribution is 6.04. The van der Waals surface area contributed by atoms with E-state index in [1.807, 2.05) is 31.2 Å². The predicted molar refractivity (Wildman–Crippen MR) is 120 cm³/mol. The fraction of sp³-hybridized carbons (Fsp3) is 0.120. The monoisotopic (exact) mass is 427 g/mol. The van der Waals surface area contributed by atoms with Crippen molar-refractivity contribution in [1.29, 1.82) is 0 Å². The van der Waals surface area contributed by atoms with Gasteiger partial charge in [0.15, 0.2) is 0 Å². The highest BCUT2D eigenvalue weighted by Crippen LogP contribution is 2.25. The van der Waals surface area contributed by atoms with Crippen LogP contribution in [0.2, 0.25) is 0 Å². The van der Waals surface area contributed by atoms with Crippen LogP contribution in [-0.4, -0.2) is 22.1 Å². The number of aryl methyl sites for hydroxylation is 1. The van der Waals surface area contributed by atoms with Gasteiger partial charge in [0.1, 0.15) is 5.75 Å². The number of carbonyl (C=O) groups excluding carboxylic acids is 2. The lowest BCUT2D eigenvalue weighted by Crippen LogP contribution is -2.12. The largest absolute Gasteiger partial charge is 0.427 e. The molecule has 0 unspecified atom stereocenters. The predicted octanol–water partition coefficient (Wildman–Crippen LogP) is 5.28. The number of amides is 1. The van der Waals surface area contributed by atoms with Crippen LogP contribution in [0.15, 0.2) is 77.2 Å². The molecular formula is C25H21N3O4. The lowest BCUT2D eigenvalue weighted by molar-refractivity contribution is -0.134. The van der Waals surface area contributed by atoms with Gasteiger partial charge in [0.2, 0.25) is 11.8 Å². The summed E-state index contributed by atoms with van der Waals surface area (Å²) in [5, 5.41) is 11.1. The minimum absolute atomic E-state index is 0.273. The van der Waals surface area contributed by atoms with Crippen LogP contribution in [-0.2, 0) is 4.79 Å². The van der Waals surface area contributed by atoms with Gasteiger partial charge in [0.25, 0.3) is 5.91 Å². The van der Waals surface area contributed by atoms with Crippen molar-refractivity contribution < 1.29 is 18.7 Å². The van der Waals surface area contributed by atoms with Crippen LogP contribution in [0.4, 0.5) is 5.69 Å². The van der Waals surface area contributed by atoms with E-state index < -0.39 is 0 Å². The van der Waals surface area contributed by atoms with Gasteiger partial charge >= 0.3 is 5.97 Å². The van der Waals surface area contributed by atoms with Crippen LogP contribution >= 0.6 is 0 Å². The lowest BCUT2D eigenvalue weighted by atomic mass is 10.1. The maximum absolute atomic E-state index is 12.5. The Kier molecular flexibility index (Phi) is 6.07. The summed E-state index contributed by atoms with van der Waals surface area (Å²) in [6.45, 7) is 3.72. The Morgan fingerprint density at radius 3 is 2.25 bits per heavy atom. The molecule has 0 spiro atoms.